The summed E-state index contributed by atoms with van der Waals surface area (Å²) >= 11 is 0. The van der Waals surface area contributed by atoms with Gasteiger partial charge in [0.05, 0.1) is 6.61 Å². The number of hydrogen-bond donors (Lipinski definition) is 0. The van der Waals surface area contributed by atoms with Crippen LogP contribution in [-0.4, -0.2) is 20.3 Å². The average molecular weight is 312 g/mol. The molecule has 0 N–H and O–H groups in total. The molecule has 0 aliphatic heterocycles. The molecule has 1 fully saturated rings. The maximum Gasteiger partial charge on any atom is 0.125 e. The van der Waals surface area contributed by atoms with E-state index in [9.17, 15) is 4.39 Å². The third kappa shape index (κ3) is 3.80. The van der Waals surface area contributed by atoms with Crippen LogP contribution in [0.5, 0.6) is 0 Å². The predicted molar refractivity (Wildman–Crippen MR) is 90.4 cm³/mol. The molecular formula is C20H21FO2. The first kappa shape index (κ1) is 15.8. The summed E-state index contributed by atoms with van der Waals surface area (Å²) in [7, 11) is 1.68. The molecule has 2 nitrogen and oxygen atoms in total. The molecule has 0 atom stereocenters. The summed E-state index contributed by atoms with van der Waals surface area (Å²) in [5.74, 6) is 0.785. The van der Waals surface area contributed by atoms with Crippen molar-refractivity contribution >= 4 is 5.76 Å². The molecular weight excluding hydrogens is 291 g/mol. The van der Waals surface area contributed by atoms with Crippen molar-refractivity contribution in [3.63, 3.8) is 0 Å². The van der Waals surface area contributed by atoms with Crippen molar-refractivity contribution in [3.05, 3.63) is 65.5 Å². The molecule has 23 heavy (non-hydrogen) atoms. The molecule has 0 bridgehead atoms. The van der Waals surface area contributed by atoms with Gasteiger partial charge < -0.3 is 9.47 Å². The third-order valence-corrected chi connectivity index (χ3v) is 4.14. The summed E-state index contributed by atoms with van der Waals surface area (Å²) in [6.45, 7) is 1.15. The number of ether oxygens (including phenoxy) is 2. The minimum atomic E-state index is -0.214. The lowest BCUT2D eigenvalue weighted by Gasteiger charge is -2.22. The van der Waals surface area contributed by atoms with Crippen molar-refractivity contribution < 1.29 is 13.9 Å². The molecule has 3 heteroatoms. The minimum absolute atomic E-state index is 0.214. The van der Waals surface area contributed by atoms with Crippen LogP contribution in [0.15, 0.2) is 54.1 Å². The number of rotatable bonds is 6. The average Bonchev–Trinajstić information content (AvgIpc) is 2.53. The van der Waals surface area contributed by atoms with Gasteiger partial charge >= 0.3 is 0 Å². The monoisotopic (exact) mass is 312 g/mol. The van der Waals surface area contributed by atoms with Crippen LogP contribution < -0.4 is 0 Å². The Bertz CT molecular complexity index is 666. The second-order valence-electron chi connectivity index (χ2n) is 5.71. The molecule has 1 aliphatic rings. The molecule has 0 radical (unpaired) electrons. The van der Waals surface area contributed by atoms with Gasteiger partial charge in [-0.2, -0.15) is 0 Å². The Morgan fingerprint density at radius 2 is 1.52 bits per heavy atom. The lowest BCUT2D eigenvalue weighted by molar-refractivity contribution is 0.132. The highest BCUT2D eigenvalue weighted by atomic mass is 19.1. The van der Waals surface area contributed by atoms with Gasteiger partial charge in [0, 0.05) is 12.7 Å². The topological polar surface area (TPSA) is 18.5 Å². The van der Waals surface area contributed by atoms with E-state index in [1.54, 1.807) is 19.2 Å². The summed E-state index contributed by atoms with van der Waals surface area (Å²) in [6.07, 6.45) is 3.46. The molecule has 1 aliphatic carbocycles. The Kier molecular flexibility index (Phi) is 5.09. The summed E-state index contributed by atoms with van der Waals surface area (Å²) in [6, 6.07) is 14.8. The van der Waals surface area contributed by atoms with Crippen molar-refractivity contribution in [2.45, 2.75) is 19.3 Å². The molecule has 0 saturated heterocycles. The van der Waals surface area contributed by atoms with Crippen molar-refractivity contribution in [3.8, 4) is 11.1 Å². The number of methoxy groups -OCH3 is 1. The second kappa shape index (κ2) is 7.42. The van der Waals surface area contributed by atoms with Crippen LogP contribution >= 0.6 is 0 Å². The highest BCUT2D eigenvalue weighted by Gasteiger charge is 2.17. The van der Waals surface area contributed by atoms with Crippen LogP contribution in [0.3, 0.4) is 0 Å². The van der Waals surface area contributed by atoms with Crippen LogP contribution in [0, 0.1) is 5.82 Å². The SMILES string of the molecule is COCCOC(=C1CCC1)c1ccc(-c2ccc(F)cc2)cc1. The van der Waals surface area contributed by atoms with E-state index in [0.717, 1.165) is 35.3 Å². The largest absolute Gasteiger partial charge is 0.491 e. The molecule has 0 heterocycles. The number of halogens is 1. The quantitative estimate of drug-likeness (QED) is 0.549. The molecule has 0 amide bonds. The molecule has 120 valence electrons. The van der Waals surface area contributed by atoms with Gasteiger partial charge in [-0.1, -0.05) is 36.4 Å². The Morgan fingerprint density at radius 3 is 2.04 bits per heavy atom. The Hall–Kier alpha value is -2.13. The summed E-state index contributed by atoms with van der Waals surface area (Å²) in [4.78, 5) is 0. The zero-order valence-corrected chi connectivity index (χ0v) is 13.3. The number of allylic oxidation sites excluding steroid dienone is 1. The molecule has 2 aromatic carbocycles. The van der Waals surface area contributed by atoms with Crippen molar-refractivity contribution in [2.75, 3.05) is 20.3 Å². The van der Waals surface area contributed by atoms with Crippen molar-refractivity contribution in [1.82, 2.24) is 0 Å². The normalized spacial score (nSPS) is 13.6. The Morgan fingerprint density at radius 1 is 0.913 bits per heavy atom. The smallest absolute Gasteiger partial charge is 0.125 e. The van der Waals surface area contributed by atoms with Gasteiger partial charge in [-0.05, 0) is 48.1 Å². The van der Waals surface area contributed by atoms with Gasteiger partial charge in [-0.3, -0.25) is 0 Å². The molecule has 3 rings (SSSR count). The van der Waals surface area contributed by atoms with Crippen molar-refractivity contribution in [2.24, 2.45) is 0 Å². The fourth-order valence-electron chi connectivity index (χ4n) is 2.65. The lowest BCUT2D eigenvalue weighted by Crippen LogP contribution is -2.08. The molecule has 0 unspecified atom stereocenters. The predicted octanol–water partition coefficient (Wildman–Crippen LogP) is 5.05. The Balaban J connectivity index is 1.80. The summed E-state index contributed by atoms with van der Waals surface area (Å²) in [5.41, 5.74) is 4.57. The standard InChI is InChI=1S/C20H21FO2/c1-22-13-14-23-20(17-3-2-4-17)18-7-5-15(6-8-18)16-9-11-19(21)12-10-16/h5-12H,2-4,13-14H2,1H3. The zero-order valence-electron chi connectivity index (χ0n) is 13.3. The van der Waals surface area contributed by atoms with Gasteiger partial charge in [-0.25, -0.2) is 4.39 Å². The third-order valence-electron chi connectivity index (χ3n) is 4.14. The zero-order chi connectivity index (χ0) is 16.1. The first-order chi connectivity index (χ1) is 11.3. The number of hydrogen-bond acceptors (Lipinski definition) is 2. The highest BCUT2D eigenvalue weighted by molar-refractivity contribution is 5.69. The fraction of sp³-hybridized carbons (Fsp3) is 0.300. The maximum atomic E-state index is 13.0. The van der Waals surface area contributed by atoms with E-state index in [-0.39, 0.29) is 5.82 Å². The highest BCUT2D eigenvalue weighted by Crippen LogP contribution is 2.34. The van der Waals surface area contributed by atoms with Crippen LogP contribution in [0.1, 0.15) is 24.8 Å². The molecule has 1 saturated carbocycles. The van der Waals surface area contributed by atoms with E-state index in [4.69, 9.17) is 9.47 Å². The summed E-state index contributed by atoms with van der Waals surface area (Å²) in [5, 5.41) is 0. The van der Waals surface area contributed by atoms with Crippen LogP contribution in [0.4, 0.5) is 4.39 Å². The number of benzene rings is 2. The first-order valence-corrected chi connectivity index (χ1v) is 7.98. The summed E-state index contributed by atoms with van der Waals surface area (Å²) < 4.78 is 24.0. The van der Waals surface area contributed by atoms with Crippen LogP contribution in [-0.2, 0) is 9.47 Å². The second-order valence-corrected chi connectivity index (χ2v) is 5.71. The van der Waals surface area contributed by atoms with E-state index in [2.05, 4.69) is 24.3 Å². The van der Waals surface area contributed by atoms with E-state index < -0.39 is 0 Å². The molecule has 0 spiro atoms. The van der Waals surface area contributed by atoms with Gasteiger partial charge in [0.1, 0.15) is 18.2 Å². The van der Waals surface area contributed by atoms with Crippen molar-refractivity contribution in [1.29, 1.82) is 0 Å². The van der Waals surface area contributed by atoms with E-state index in [1.165, 1.54) is 24.1 Å². The van der Waals surface area contributed by atoms with Gasteiger partial charge in [0.2, 0.25) is 0 Å². The lowest BCUT2D eigenvalue weighted by atomic mass is 9.89. The van der Waals surface area contributed by atoms with E-state index in [0.29, 0.717) is 13.2 Å². The van der Waals surface area contributed by atoms with Gasteiger partial charge in [-0.15, -0.1) is 0 Å². The molecule has 0 aromatic heterocycles. The first-order valence-electron chi connectivity index (χ1n) is 7.98. The van der Waals surface area contributed by atoms with Crippen LogP contribution in [0.2, 0.25) is 0 Å². The van der Waals surface area contributed by atoms with Gasteiger partial charge in [0.15, 0.2) is 0 Å². The van der Waals surface area contributed by atoms with Crippen LogP contribution in [0.25, 0.3) is 16.9 Å². The Labute approximate surface area is 136 Å². The maximum absolute atomic E-state index is 13.0. The van der Waals surface area contributed by atoms with E-state index >= 15 is 0 Å². The van der Waals surface area contributed by atoms with Gasteiger partial charge in [0.25, 0.3) is 0 Å². The molecule has 2 aromatic rings. The minimum Gasteiger partial charge on any atom is -0.491 e. The van der Waals surface area contributed by atoms with E-state index in [1.807, 2.05) is 0 Å². The fourth-order valence-corrected chi connectivity index (χ4v) is 2.65.